The third-order valence-electron chi connectivity index (χ3n) is 4.71. The monoisotopic (exact) mass is 313 g/mol. The lowest BCUT2D eigenvalue weighted by Gasteiger charge is -2.45. The van der Waals surface area contributed by atoms with Crippen molar-refractivity contribution in [2.24, 2.45) is 18.2 Å². The van der Waals surface area contributed by atoms with Crippen LogP contribution in [-0.4, -0.2) is 34.4 Å². The van der Waals surface area contributed by atoms with Crippen LogP contribution < -0.4 is 11.3 Å². The minimum Gasteiger partial charge on any atom is -0.369 e. The number of nitrogens with zero attached hydrogens (tertiary/aromatic N) is 2. The van der Waals surface area contributed by atoms with Crippen LogP contribution in [0.1, 0.15) is 22.8 Å². The highest BCUT2D eigenvalue weighted by Crippen LogP contribution is 2.32. The van der Waals surface area contributed by atoms with Gasteiger partial charge in [0.2, 0.25) is 5.91 Å². The van der Waals surface area contributed by atoms with E-state index in [1.807, 2.05) is 24.3 Å². The van der Waals surface area contributed by atoms with Crippen LogP contribution in [0.5, 0.6) is 0 Å². The molecule has 2 heterocycles. The second-order valence-corrected chi connectivity index (χ2v) is 6.47. The summed E-state index contributed by atoms with van der Waals surface area (Å²) in [6.45, 7) is 3.97. The molecule has 1 aromatic heterocycles. The number of primary amides is 1. The van der Waals surface area contributed by atoms with E-state index in [4.69, 9.17) is 5.73 Å². The Hall–Kier alpha value is -2.63. The number of carbonyl (C=O) groups is 2. The quantitative estimate of drug-likeness (QED) is 0.889. The topological polar surface area (TPSA) is 85.4 Å². The molecule has 0 radical (unpaired) electrons. The summed E-state index contributed by atoms with van der Waals surface area (Å²) in [7, 11) is 1.69. The van der Waals surface area contributed by atoms with Gasteiger partial charge >= 0.3 is 0 Å². The maximum atomic E-state index is 12.9. The van der Waals surface area contributed by atoms with Crippen molar-refractivity contribution in [2.75, 3.05) is 13.1 Å². The van der Waals surface area contributed by atoms with Crippen molar-refractivity contribution < 1.29 is 9.59 Å². The first-order valence-corrected chi connectivity index (χ1v) is 7.44. The molecular weight excluding hydrogens is 294 g/mol. The van der Waals surface area contributed by atoms with Gasteiger partial charge in [-0.1, -0.05) is 18.2 Å². The molecule has 1 aliphatic rings. The highest BCUT2D eigenvalue weighted by molar-refractivity contribution is 6.08. The molecular formula is C17H19N3O3. The van der Waals surface area contributed by atoms with Gasteiger partial charge in [-0.2, -0.15) is 0 Å². The average molecular weight is 313 g/mol. The summed E-state index contributed by atoms with van der Waals surface area (Å²) in [6, 6.07) is 7.32. The summed E-state index contributed by atoms with van der Waals surface area (Å²) < 4.78 is 1.55. The number of aromatic nitrogens is 1. The van der Waals surface area contributed by atoms with Crippen LogP contribution in [0.4, 0.5) is 0 Å². The lowest BCUT2D eigenvalue weighted by atomic mass is 9.80. The van der Waals surface area contributed by atoms with E-state index in [2.05, 4.69) is 0 Å². The zero-order valence-corrected chi connectivity index (χ0v) is 13.4. The lowest BCUT2D eigenvalue weighted by molar-refractivity contribution is -0.134. The van der Waals surface area contributed by atoms with Gasteiger partial charge in [-0.15, -0.1) is 0 Å². The van der Waals surface area contributed by atoms with E-state index in [0.29, 0.717) is 16.6 Å². The molecule has 0 saturated carbocycles. The van der Waals surface area contributed by atoms with Crippen LogP contribution in [-0.2, 0) is 11.8 Å². The normalized spacial score (nSPS) is 16.2. The molecule has 1 saturated heterocycles. The number of para-hydroxylation sites is 1. The number of rotatable bonds is 2. The summed E-state index contributed by atoms with van der Waals surface area (Å²) in [5, 5.41) is 0.741. The fourth-order valence-electron chi connectivity index (χ4n) is 3.18. The first-order valence-electron chi connectivity index (χ1n) is 7.44. The number of nitrogens with two attached hydrogens (primary N) is 1. The van der Waals surface area contributed by atoms with Gasteiger partial charge in [-0.3, -0.25) is 14.4 Å². The number of carbonyl (C=O) groups excluding carboxylic acids is 2. The highest BCUT2D eigenvalue weighted by Gasteiger charge is 2.46. The number of likely N-dealkylation sites (tertiary alicyclic amines) is 1. The molecule has 0 bridgehead atoms. The van der Waals surface area contributed by atoms with Crippen LogP contribution in [0.25, 0.3) is 10.9 Å². The van der Waals surface area contributed by atoms with Gasteiger partial charge in [0.05, 0.1) is 16.5 Å². The SMILES string of the molecule is Cc1c(C(=O)N2CC(C)(C(N)=O)C2)c2ccccc2n(C)c1=O. The number of amides is 2. The summed E-state index contributed by atoms with van der Waals surface area (Å²) in [6.07, 6.45) is 0. The van der Waals surface area contributed by atoms with Gasteiger partial charge < -0.3 is 15.2 Å². The van der Waals surface area contributed by atoms with Crippen molar-refractivity contribution in [1.82, 2.24) is 9.47 Å². The first-order chi connectivity index (χ1) is 10.8. The van der Waals surface area contributed by atoms with E-state index in [0.717, 1.165) is 5.39 Å². The van der Waals surface area contributed by atoms with E-state index in [9.17, 15) is 14.4 Å². The van der Waals surface area contributed by atoms with Gasteiger partial charge in [0.25, 0.3) is 11.5 Å². The predicted octanol–water partition coefficient (Wildman–Crippen LogP) is 0.794. The number of hydrogen-bond donors (Lipinski definition) is 1. The van der Waals surface area contributed by atoms with E-state index in [-0.39, 0.29) is 24.6 Å². The number of pyridine rings is 1. The molecule has 1 aliphatic heterocycles. The van der Waals surface area contributed by atoms with Gasteiger partial charge in [0.15, 0.2) is 0 Å². The second kappa shape index (κ2) is 4.94. The molecule has 6 heteroatoms. The Labute approximate surface area is 133 Å². The Bertz CT molecular complexity index is 892. The van der Waals surface area contributed by atoms with Crippen molar-refractivity contribution in [3.8, 4) is 0 Å². The van der Waals surface area contributed by atoms with Crippen molar-refractivity contribution in [1.29, 1.82) is 0 Å². The van der Waals surface area contributed by atoms with Crippen LogP contribution in [0, 0.1) is 12.3 Å². The van der Waals surface area contributed by atoms with E-state index >= 15 is 0 Å². The Kier molecular flexibility index (Phi) is 3.28. The van der Waals surface area contributed by atoms with Crippen molar-refractivity contribution in [3.63, 3.8) is 0 Å². The van der Waals surface area contributed by atoms with Gasteiger partial charge in [-0.25, -0.2) is 0 Å². The molecule has 2 N–H and O–H groups in total. The van der Waals surface area contributed by atoms with E-state index in [1.54, 1.807) is 30.4 Å². The first kappa shape index (κ1) is 15.3. The smallest absolute Gasteiger partial charge is 0.255 e. The summed E-state index contributed by atoms with van der Waals surface area (Å²) in [5.74, 6) is -0.637. The summed E-state index contributed by atoms with van der Waals surface area (Å²) in [4.78, 5) is 38.2. The minimum atomic E-state index is -0.681. The third kappa shape index (κ3) is 2.13. The molecule has 120 valence electrons. The van der Waals surface area contributed by atoms with E-state index in [1.165, 1.54) is 0 Å². The third-order valence-corrected chi connectivity index (χ3v) is 4.71. The standard InChI is InChI=1S/C17H19N3O3/c1-10-13(15(22)20-8-17(2,9-20)16(18)23)11-6-4-5-7-12(11)19(3)14(10)21/h4-7H,8-9H2,1-3H3,(H2,18,23). The lowest BCUT2D eigenvalue weighted by Crippen LogP contribution is -2.62. The second-order valence-electron chi connectivity index (χ2n) is 6.47. The molecule has 23 heavy (non-hydrogen) atoms. The number of fused-ring (bicyclic) bond motifs is 1. The predicted molar refractivity (Wildman–Crippen MR) is 87.1 cm³/mol. The van der Waals surface area contributed by atoms with Crippen LogP contribution in [0.3, 0.4) is 0 Å². The van der Waals surface area contributed by atoms with Crippen molar-refractivity contribution >= 4 is 22.7 Å². The molecule has 0 spiro atoms. The Morgan fingerprint density at radius 3 is 2.43 bits per heavy atom. The molecule has 2 aromatic rings. The zero-order chi connectivity index (χ0) is 16.9. The number of benzene rings is 1. The molecule has 1 aromatic carbocycles. The van der Waals surface area contributed by atoms with Gasteiger partial charge in [0, 0.05) is 31.1 Å². The fraction of sp³-hybridized carbons (Fsp3) is 0.353. The molecule has 0 atom stereocenters. The molecule has 0 unspecified atom stereocenters. The molecule has 1 fully saturated rings. The Morgan fingerprint density at radius 1 is 1.22 bits per heavy atom. The summed E-state index contributed by atoms with van der Waals surface area (Å²) in [5.41, 5.74) is 6.04. The van der Waals surface area contributed by atoms with Crippen molar-refractivity contribution in [2.45, 2.75) is 13.8 Å². The minimum absolute atomic E-state index is 0.190. The Balaban J connectivity index is 2.09. The number of hydrogen-bond acceptors (Lipinski definition) is 3. The van der Waals surface area contributed by atoms with Gasteiger partial charge in [0.1, 0.15) is 0 Å². The summed E-state index contributed by atoms with van der Waals surface area (Å²) >= 11 is 0. The Morgan fingerprint density at radius 2 is 1.83 bits per heavy atom. The van der Waals surface area contributed by atoms with Crippen LogP contribution in [0.15, 0.2) is 29.1 Å². The van der Waals surface area contributed by atoms with E-state index < -0.39 is 11.3 Å². The zero-order valence-electron chi connectivity index (χ0n) is 13.4. The molecule has 0 aliphatic carbocycles. The molecule has 2 amide bonds. The van der Waals surface area contributed by atoms with Crippen molar-refractivity contribution in [3.05, 3.63) is 45.7 Å². The van der Waals surface area contributed by atoms with Gasteiger partial charge in [-0.05, 0) is 19.9 Å². The highest BCUT2D eigenvalue weighted by atomic mass is 16.2. The molecule has 3 rings (SSSR count). The van der Waals surface area contributed by atoms with Crippen LogP contribution >= 0.6 is 0 Å². The fourth-order valence-corrected chi connectivity index (χ4v) is 3.18. The maximum Gasteiger partial charge on any atom is 0.255 e. The molecule has 6 nitrogen and oxygen atoms in total. The average Bonchev–Trinajstić information content (AvgIpc) is 2.49. The maximum absolute atomic E-state index is 12.9. The largest absolute Gasteiger partial charge is 0.369 e. The van der Waals surface area contributed by atoms with Crippen LogP contribution in [0.2, 0.25) is 0 Å². The number of aryl methyl sites for hydroxylation is 1.